The van der Waals surface area contributed by atoms with E-state index in [9.17, 15) is 27.4 Å². The van der Waals surface area contributed by atoms with E-state index in [1.807, 2.05) is 0 Å². The largest absolute Gasteiger partial charge is 0.456 e. The molecule has 2 heteroatoms. The van der Waals surface area contributed by atoms with Crippen LogP contribution < -0.4 is 0 Å². The van der Waals surface area contributed by atoms with Crippen molar-refractivity contribution in [2.45, 2.75) is 19.1 Å². The highest BCUT2D eigenvalue weighted by Gasteiger charge is 2.35. The number of hydrogen-bond acceptors (Lipinski definition) is 2. The van der Waals surface area contributed by atoms with Crippen LogP contribution in [-0.4, -0.2) is 0 Å². The molecule has 0 saturated carbocycles. The maximum atomic E-state index is 9.96. The molecule has 1 aliphatic rings. The maximum Gasteiger partial charge on any atom is 0.136 e. The highest BCUT2D eigenvalue weighted by Crippen LogP contribution is 2.51. The van der Waals surface area contributed by atoms with E-state index in [-0.39, 0.29) is 0 Å². The second-order valence-electron chi connectivity index (χ2n) is 19.0. The average Bonchev–Trinajstić information content (AvgIpc) is 1.50. The Morgan fingerprint density at radius 1 is 0.241 bits per heavy atom. The van der Waals surface area contributed by atoms with Gasteiger partial charge in [0.1, 0.15) is 22.3 Å². The van der Waals surface area contributed by atoms with Crippen molar-refractivity contribution in [1.82, 2.24) is 0 Å². The van der Waals surface area contributed by atoms with Gasteiger partial charge in [0.15, 0.2) is 0 Å². The molecule has 408 valence electrons. The van der Waals surface area contributed by atoms with Crippen LogP contribution in [0, 0.1) is 0 Å². The quantitative estimate of drug-likeness (QED) is 0.155. The summed E-state index contributed by atoms with van der Waals surface area (Å²) in [6.07, 6.45) is 0. The first-order valence-corrected chi connectivity index (χ1v) is 25.6. The summed E-state index contributed by atoms with van der Waals surface area (Å²) in [7, 11) is 0. The molecule has 17 aromatic rings. The van der Waals surface area contributed by atoms with Crippen LogP contribution in [0.5, 0.6) is 0 Å². The van der Waals surface area contributed by atoms with Gasteiger partial charge in [-0.05, 0) is 180 Å². The molecule has 0 radical (unpaired) electrons. The summed E-state index contributed by atoms with van der Waals surface area (Å²) < 4.78 is 511. The van der Waals surface area contributed by atoms with E-state index in [2.05, 4.69) is 0 Å². The number of hydrogen-bond donors (Lipinski definition) is 0. The van der Waals surface area contributed by atoms with Gasteiger partial charge in [-0.25, -0.2) is 0 Å². The third kappa shape index (κ3) is 8.09. The first kappa shape index (κ1) is 19.5. The Bertz CT molecular complexity index is 8700. The van der Waals surface area contributed by atoms with Crippen molar-refractivity contribution in [3.05, 3.63) is 313 Å². The van der Waals surface area contributed by atoms with Crippen LogP contribution in [0.2, 0.25) is 0 Å². The molecule has 15 aromatic carbocycles. The lowest BCUT2D eigenvalue weighted by molar-refractivity contribution is 0.660. The fourth-order valence-electron chi connectivity index (χ4n) is 10.7. The minimum absolute atomic E-state index is 0.498. The van der Waals surface area contributed by atoms with E-state index in [0.717, 1.165) is 0 Å². The van der Waals surface area contributed by atoms with Crippen molar-refractivity contribution < 1.29 is 85.6 Å². The van der Waals surface area contributed by atoms with Gasteiger partial charge in [-0.15, -0.1) is 0 Å². The van der Waals surface area contributed by atoms with Gasteiger partial charge in [0.2, 0.25) is 0 Å². The lowest BCUT2D eigenvalue weighted by Gasteiger charge is -2.22. The minimum atomic E-state index is -3.86. The van der Waals surface area contributed by atoms with Gasteiger partial charge in [-0.1, -0.05) is 267 Å². The monoisotopic (exact) mass is 1160 g/mol. The average molecular weight is 1170 g/mol. The molecule has 0 amide bonds. The van der Waals surface area contributed by atoms with Gasteiger partial charge < -0.3 is 8.83 Å². The highest BCUT2D eigenvalue weighted by molar-refractivity contribution is 6.24. The molecule has 2 nitrogen and oxygen atoms in total. The lowest BCUT2D eigenvalue weighted by Crippen LogP contribution is -2.14. The fraction of sp³-hybridized carbons (Fsp3) is 0.0353. The smallest absolute Gasteiger partial charge is 0.136 e. The van der Waals surface area contributed by atoms with E-state index < -0.39 is 497 Å². The predicted octanol–water partition coefficient (Wildman–Crippen LogP) is 24.1. The summed E-state index contributed by atoms with van der Waals surface area (Å²) in [6.45, 7) is -7.72. The van der Waals surface area contributed by atoms with Crippen molar-refractivity contribution >= 4 is 87.0 Å². The molecule has 0 bridgehead atoms. The van der Waals surface area contributed by atoms with Gasteiger partial charge in [-0.3, -0.25) is 0 Å². The molecule has 1 aliphatic carbocycles. The van der Waals surface area contributed by atoms with E-state index in [0.29, 0.717) is 0 Å². The molecule has 2 aromatic heterocycles. The first-order valence-electron chi connectivity index (χ1n) is 53.6. The van der Waals surface area contributed by atoms with E-state index in [4.69, 9.17) is 58.2 Å². The zero-order valence-corrected chi connectivity index (χ0v) is 43.3. The normalized spacial score (nSPS) is 21.9. The van der Waals surface area contributed by atoms with Gasteiger partial charge in [0.25, 0.3) is 0 Å². The van der Waals surface area contributed by atoms with Crippen LogP contribution in [-0.2, 0) is 5.41 Å². The molecular weight excluding hydrogens is 1050 g/mol. The molecule has 2 heterocycles. The van der Waals surface area contributed by atoms with Crippen LogP contribution in [0.25, 0.3) is 165 Å². The van der Waals surface area contributed by atoms with Crippen LogP contribution in [0.15, 0.2) is 311 Å². The van der Waals surface area contributed by atoms with Crippen LogP contribution in [0.4, 0.5) is 0 Å². The van der Waals surface area contributed by atoms with Crippen molar-refractivity contribution in [1.29, 1.82) is 0 Å². The number of benzene rings is 15. The highest BCUT2D eigenvalue weighted by atomic mass is 16.3. The van der Waals surface area contributed by atoms with E-state index in [1.165, 1.54) is 0 Å². The zero-order valence-electron chi connectivity index (χ0n) is 99.3. The minimum Gasteiger partial charge on any atom is -0.456 e. The first-order chi connectivity index (χ1) is 66.2. The second-order valence-corrected chi connectivity index (χ2v) is 19.0. The molecule has 0 unspecified atom stereocenters. The SMILES string of the molecule is [2H]c1c([2H])c([2H])c(-c2c3c([2H])c([2H])c([2H])c([2H])c3c(-c3c([2H])c([2H])c4oc5c([2H])c([2H])c(-c6c([2H])c([2H])c7c(c6[2H])C(C([2H])([2H])[2H])(C([2H])([2H])[2H])c6c([2H])c([2H])c([2H])c([2H])c6-7)c([2H])c5c4c3[2H])c3c([2H])c([2H])c([2H])c([2H])c23)c([2H])c1[2H].[2H]c1c([2H])c([2H])c(-c2c3c([2H])c([2H])c([2H])c([2H])c3c(-c3c([2H])c([2H])c4oc5c([2H])c([2H])c([2H])c(-c6c([2H])c([2H])c([2H])c([2H])c6[2H])c5c4c3[2H])c3c([2H])c([2H])c([2H])c([2H])c23)c([2H])c1[2H]. The van der Waals surface area contributed by atoms with Crippen molar-refractivity contribution in [3.8, 4) is 77.9 Å². The summed E-state index contributed by atoms with van der Waals surface area (Å²) in [5.41, 5.74) is -19.5. The van der Waals surface area contributed by atoms with E-state index >= 15 is 0 Å². The molecule has 87 heavy (non-hydrogen) atoms. The fourth-order valence-corrected chi connectivity index (χ4v) is 10.7. The van der Waals surface area contributed by atoms with Crippen LogP contribution in [0.1, 0.15) is 102 Å². The second kappa shape index (κ2) is 20.1. The van der Waals surface area contributed by atoms with Crippen molar-refractivity contribution in [2.75, 3.05) is 0 Å². The van der Waals surface area contributed by atoms with Crippen molar-refractivity contribution in [3.63, 3.8) is 0 Å². The molecule has 0 fully saturated rings. The topological polar surface area (TPSA) is 26.3 Å². The Morgan fingerprint density at radius 2 is 0.598 bits per heavy atom. The lowest BCUT2D eigenvalue weighted by atomic mass is 9.81. The van der Waals surface area contributed by atoms with Crippen LogP contribution in [0.3, 0.4) is 0 Å². The van der Waals surface area contributed by atoms with Gasteiger partial charge in [-0.2, -0.15) is 0 Å². The molecule has 0 spiro atoms. The predicted molar refractivity (Wildman–Crippen MR) is 368 cm³/mol. The summed E-state index contributed by atoms with van der Waals surface area (Å²) in [4.78, 5) is 0. The molecule has 0 aliphatic heterocycles. The van der Waals surface area contributed by atoms with Crippen molar-refractivity contribution in [2.24, 2.45) is 0 Å². The molecule has 18 rings (SSSR count). The molecular formula is C85H56O2. The Hall–Kier alpha value is -11.1. The summed E-state index contributed by atoms with van der Waals surface area (Å²) >= 11 is 0. The Morgan fingerprint density at radius 3 is 1.10 bits per heavy atom. The molecule has 0 atom stereocenters. The maximum absolute atomic E-state index is 9.96. The Kier molecular flexibility index (Phi) is 4.49. The van der Waals surface area contributed by atoms with Crippen LogP contribution >= 0.6 is 0 Å². The molecule has 0 N–H and O–H groups in total. The standard InChI is InChI=1S/C47H32O.C38H24O/c1-47(2)41-19-11-10-14-33(41)34-23-20-31(28-42(34)47)30-21-24-43-39(26-30)40-27-32(22-25-44(40)48-43)46-37-17-8-6-15-35(37)45(29-12-4-3-5-13-29)36-16-7-9-18-38(36)46;1-3-12-25(13-4-1)28-20-11-21-35-38(28)33-24-27(22-23-34(33)39-35)37-31-18-9-7-16-29(31)36(26-14-5-2-6-15-26)30-17-8-10-19-32(30)37/h3-28H,1-2H3;1-24H/i1D3,2D3,3D,4D,5D,6D,7D,8D,9D,10D,11D,12D,13D,14D,15D,16D,17D,18D,19D,20D,21D,22D,23D,24D,25D,26D,27D,28D;1D,2D,3D,4D,5D,6D,7D,8D,9D,10D,11D,12D,13D,14D,15D,16D,17D,18D,19D,20D,21D,22D,23D,24D. The number of furan rings is 2. The number of rotatable bonds is 6. The molecule has 0 saturated heterocycles. The van der Waals surface area contributed by atoms with E-state index in [1.54, 1.807) is 0 Å². The summed E-state index contributed by atoms with van der Waals surface area (Å²) in [5.74, 6) is 0. The number of fused-ring (bicyclic) bond motifs is 13. The summed E-state index contributed by atoms with van der Waals surface area (Å²) in [6, 6.07) is -48.4. The van der Waals surface area contributed by atoms with Gasteiger partial charge in [0, 0.05) is 35.2 Å². The zero-order chi connectivity index (χ0) is 106. The Labute approximate surface area is 583 Å². The third-order valence-electron chi connectivity index (χ3n) is 14.3. The van der Waals surface area contributed by atoms with Gasteiger partial charge in [0.05, 0.1) is 68.5 Å². The van der Waals surface area contributed by atoms with Gasteiger partial charge >= 0.3 is 0 Å². The summed E-state index contributed by atoms with van der Waals surface area (Å²) in [5, 5.41) is -8.19. The Balaban J connectivity index is 0.000000202. The third-order valence-corrected chi connectivity index (χ3v) is 14.3.